The number of aryl methyl sites for hydroxylation is 1. The molecular weight excluding hydrogens is 256 g/mol. The van der Waals surface area contributed by atoms with Crippen LogP contribution in [0.5, 0.6) is 0 Å². The highest BCUT2D eigenvalue weighted by Crippen LogP contribution is 2.20. The Kier molecular flexibility index (Phi) is 8.70. The van der Waals surface area contributed by atoms with Crippen LogP contribution < -0.4 is 0 Å². The Hall–Kier alpha value is -0.0800. The van der Waals surface area contributed by atoms with Crippen LogP contribution in [0.2, 0.25) is 0 Å². The van der Waals surface area contributed by atoms with Crippen molar-refractivity contribution < 1.29 is 0 Å². The molecule has 0 saturated carbocycles. The molecule has 102 valence electrons. The predicted molar refractivity (Wildman–Crippen MR) is 87.3 cm³/mol. The van der Waals surface area contributed by atoms with E-state index >= 15 is 0 Å². The third kappa shape index (κ3) is 6.75. The summed E-state index contributed by atoms with van der Waals surface area (Å²) in [6.07, 6.45) is 12.1. The van der Waals surface area contributed by atoms with Crippen molar-refractivity contribution in [1.82, 2.24) is 0 Å². The van der Waals surface area contributed by atoms with E-state index < -0.39 is 0 Å². The molecule has 2 heteroatoms. The van der Waals surface area contributed by atoms with Crippen molar-refractivity contribution in [3.05, 3.63) is 23.8 Å². The van der Waals surface area contributed by atoms with E-state index in [1.807, 2.05) is 12.1 Å². The molecule has 0 saturated heterocycles. The monoisotopic (exact) mass is 282 g/mol. The summed E-state index contributed by atoms with van der Waals surface area (Å²) in [5, 5.41) is 0. The Morgan fingerprint density at radius 3 is 2.11 bits per heavy atom. The van der Waals surface area contributed by atoms with Crippen molar-refractivity contribution in [1.29, 1.82) is 0 Å². The van der Waals surface area contributed by atoms with Crippen molar-refractivity contribution in [2.45, 2.75) is 74.5 Å². The van der Waals surface area contributed by atoms with Gasteiger partial charge in [0.05, 0.1) is 0 Å². The van der Waals surface area contributed by atoms with Crippen LogP contribution in [0.4, 0.5) is 0 Å². The van der Waals surface area contributed by atoms with Gasteiger partial charge in [-0.2, -0.15) is 0 Å². The third-order valence-corrected chi connectivity index (χ3v) is 4.08. The van der Waals surface area contributed by atoms with E-state index in [2.05, 4.69) is 38.2 Å². The molecule has 0 atom stereocenters. The largest absolute Gasteiger partial charge is 0.143 e. The molecule has 1 rings (SSSR count). The average Bonchev–Trinajstić information content (AvgIpc) is 2.36. The van der Waals surface area contributed by atoms with Gasteiger partial charge in [-0.05, 0) is 36.6 Å². The number of benzene rings is 1. The number of thiol groups is 2. The fourth-order valence-electron chi connectivity index (χ4n) is 2.22. The molecule has 0 radical (unpaired) electrons. The van der Waals surface area contributed by atoms with Crippen LogP contribution in [0.3, 0.4) is 0 Å². The average molecular weight is 283 g/mol. The minimum atomic E-state index is 1.04. The van der Waals surface area contributed by atoms with E-state index in [1.165, 1.54) is 56.9 Å². The molecule has 0 fully saturated rings. The SMILES string of the molecule is CCCCCCCCCCc1cc(S)ccc1S. The number of hydrogen-bond acceptors (Lipinski definition) is 2. The van der Waals surface area contributed by atoms with E-state index in [4.69, 9.17) is 0 Å². The van der Waals surface area contributed by atoms with Gasteiger partial charge in [-0.3, -0.25) is 0 Å². The highest BCUT2D eigenvalue weighted by Gasteiger charge is 2.00. The Balaban J connectivity index is 2.09. The second-order valence-electron chi connectivity index (χ2n) is 5.04. The second-order valence-corrected chi connectivity index (χ2v) is 6.04. The van der Waals surface area contributed by atoms with Gasteiger partial charge in [-0.25, -0.2) is 0 Å². The van der Waals surface area contributed by atoms with E-state index in [-0.39, 0.29) is 0 Å². The minimum absolute atomic E-state index is 1.04. The van der Waals surface area contributed by atoms with Crippen LogP contribution in [0.1, 0.15) is 63.9 Å². The molecule has 0 aromatic heterocycles. The first kappa shape index (κ1) is 16.0. The zero-order chi connectivity index (χ0) is 13.2. The smallest absolute Gasteiger partial charge is 0.00728 e. The van der Waals surface area contributed by atoms with E-state index in [0.717, 1.165) is 16.2 Å². The van der Waals surface area contributed by atoms with Crippen LogP contribution in [-0.2, 0) is 6.42 Å². The first-order valence-electron chi connectivity index (χ1n) is 7.25. The Morgan fingerprint density at radius 2 is 1.44 bits per heavy atom. The van der Waals surface area contributed by atoms with Gasteiger partial charge >= 0.3 is 0 Å². The molecule has 0 aliphatic carbocycles. The lowest BCUT2D eigenvalue weighted by Crippen LogP contribution is -1.89. The molecule has 0 unspecified atom stereocenters. The summed E-state index contributed by atoms with van der Waals surface area (Å²) in [6.45, 7) is 2.27. The number of rotatable bonds is 9. The van der Waals surface area contributed by atoms with E-state index in [1.54, 1.807) is 0 Å². The van der Waals surface area contributed by atoms with Crippen molar-refractivity contribution in [2.24, 2.45) is 0 Å². The normalized spacial score (nSPS) is 10.8. The summed E-state index contributed by atoms with van der Waals surface area (Å²) >= 11 is 8.87. The van der Waals surface area contributed by atoms with E-state index in [0.29, 0.717) is 0 Å². The lowest BCUT2D eigenvalue weighted by atomic mass is 10.0. The summed E-state index contributed by atoms with van der Waals surface area (Å²) < 4.78 is 0. The predicted octanol–water partition coefficient (Wildman–Crippen LogP) is 5.95. The van der Waals surface area contributed by atoms with Gasteiger partial charge in [-0.15, -0.1) is 25.3 Å². The summed E-state index contributed by atoms with van der Waals surface area (Å²) in [5.41, 5.74) is 1.34. The van der Waals surface area contributed by atoms with Crippen LogP contribution in [0.15, 0.2) is 28.0 Å². The van der Waals surface area contributed by atoms with Crippen LogP contribution in [-0.4, -0.2) is 0 Å². The van der Waals surface area contributed by atoms with Gasteiger partial charge in [0.25, 0.3) is 0 Å². The van der Waals surface area contributed by atoms with Crippen LogP contribution >= 0.6 is 25.3 Å². The van der Waals surface area contributed by atoms with Gasteiger partial charge in [0.15, 0.2) is 0 Å². The topological polar surface area (TPSA) is 0 Å². The zero-order valence-corrected chi connectivity index (χ0v) is 13.3. The highest BCUT2D eigenvalue weighted by atomic mass is 32.1. The summed E-state index contributed by atoms with van der Waals surface area (Å²) in [7, 11) is 0. The minimum Gasteiger partial charge on any atom is -0.143 e. The molecule has 0 spiro atoms. The van der Waals surface area contributed by atoms with Gasteiger partial charge in [0.2, 0.25) is 0 Å². The maximum absolute atomic E-state index is 4.49. The molecular formula is C16H26S2. The van der Waals surface area contributed by atoms with Gasteiger partial charge in [0.1, 0.15) is 0 Å². The first-order chi connectivity index (χ1) is 8.74. The molecule has 1 aromatic carbocycles. The molecule has 0 amide bonds. The molecule has 0 N–H and O–H groups in total. The van der Waals surface area contributed by atoms with Crippen molar-refractivity contribution >= 4 is 25.3 Å². The maximum Gasteiger partial charge on any atom is 0.00728 e. The second kappa shape index (κ2) is 9.80. The Morgan fingerprint density at radius 1 is 0.833 bits per heavy atom. The quantitative estimate of drug-likeness (QED) is 0.406. The van der Waals surface area contributed by atoms with Crippen molar-refractivity contribution in [3.8, 4) is 0 Å². The zero-order valence-electron chi connectivity index (χ0n) is 11.5. The fraction of sp³-hybridized carbons (Fsp3) is 0.625. The fourth-order valence-corrected chi connectivity index (χ4v) is 2.70. The Bertz CT molecular complexity index is 334. The molecule has 0 bridgehead atoms. The molecule has 0 nitrogen and oxygen atoms in total. The molecule has 0 aliphatic rings. The Labute approximate surface area is 123 Å². The molecule has 0 aliphatic heterocycles. The van der Waals surface area contributed by atoms with Gasteiger partial charge in [-0.1, -0.05) is 51.9 Å². The van der Waals surface area contributed by atoms with Crippen molar-refractivity contribution in [3.63, 3.8) is 0 Å². The van der Waals surface area contributed by atoms with Crippen LogP contribution in [0.25, 0.3) is 0 Å². The van der Waals surface area contributed by atoms with E-state index in [9.17, 15) is 0 Å². The van der Waals surface area contributed by atoms with Crippen molar-refractivity contribution in [2.75, 3.05) is 0 Å². The third-order valence-electron chi connectivity index (χ3n) is 3.36. The molecule has 1 aromatic rings. The summed E-state index contributed by atoms with van der Waals surface area (Å²) in [6, 6.07) is 6.20. The summed E-state index contributed by atoms with van der Waals surface area (Å²) in [4.78, 5) is 2.15. The lowest BCUT2D eigenvalue weighted by Gasteiger charge is -2.06. The highest BCUT2D eigenvalue weighted by molar-refractivity contribution is 7.80. The number of unbranched alkanes of at least 4 members (excludes halogenated alkanes) is 7. The standard InChI is InChI=1S/C16H26S2/c1-2-3-4-5-6-7-8-9-10-14-13-15(17)11-12-16(14)18/h11-13,17-18H,2-10H2,1H3. The maximum atomic E-state index is 4.49. The molecule has 0 heterocycles. The summed E-state index contributed by atoms with van der Waals surface area (Å²) in [5.74, 6) is 0. The van der Waals surface area contributed by atoms with Gasteiger partial charge < -0.3 is 0 Å². The first-order valence-corrected chi connectivity index (χ1v) is 8.14. The number of hydrogen-bond donors (Lipinski definition) is 2. The molecule has 18 heavy (non-hydrogen) atoms. The van der Waals surface area contributed by atoms with Gasteiger partial charge in [0, 0.05) is 9.79 Å². The lowest BCUT2D eigenvalue weighted by molar-refractivity contribution is 0.574. The van der Waals surface area contributed by atoms with Crippen LogP contribution in [0, 0.1) is 0 Å².